The predicted octanol–water partition coefficient (Wildman–Crippen LogP) is 5.51. The number of thiazole rings is 1. The van der Waals surface area contributed by atoms with Crippen molar-refractivity contribution < 1.29 is 28.6 Å². The van der Waals surface area contributed by atoms with Crippen LogP contribution in [0.5, 0.6) is 0 Å². The maximum absolute atomic E-state index is 17.4. The van der Waals surface area contributed by atoms with Crippen LogP contribution in [-0.2, 0) is 16.8 Å². The number of carbonyl (C=O) groups excluding carboxylic acids is 2. The van der Waals surface area contributed by atoms with Gasteiger partial charge in [-0.1, -0.05) is 37.6 Å². The highest BCUT2D eigenvalue weighted by Gasteiger charge is 2.74. The number of fused-ring (bicyclic) bond motifs is 5. The van der Waals surface area contributed by atoms with Crippen LogP contribution in [0.4, 0.5) is 8.78 Å². The smallest absolute Gasteiger partial charge is 0.178 e. The number of benzene rings is 1. The lowest BCUT2D eigenvalue weighted by molar-refractivity contribution is -0.223. The van der Waals surface area contributed by atoms with Gasteiger partial charge in [-0.15, -0.1) is 11.3 Å². The zero-order chi connectivity index (χ0) is 28.0. The predicted molar refractivity (Wildman–Crippen MR) is 143 cm³/mol. The molecule has 0 amide bonds. The average molecular weight is 554 g/mol. The van der Waals surface area contributed by atoms with Gasteiger partial charge in [0.1, 0.15) is 16.4 Å². The number of halogens is 2. The highest BCUT2D eigenvalue weighted by Crippen LogP contribution is 2.72. The van der Waals surface area contributed by atoms with Crippen molar-refractivity contribution >= 4 is 22.9 Å². The Hall–Kier alpha value is -2.55. The molecule has 2 N–H and O–H groups in total. The van der Waals surface area contributed by atoms with E-state index in [0.29, 0.717) is 30.0 Å². The molecule has 4 aliphatic rings. The zero-order valence-corrected chi connectivity index (χ0v) is 23.1. The van der Waals surface area contributed by atoms with Gasteiger partial charge in [-0.2, -0.15) is 0 Å². The molecule has 0 saturated heterocycles. The van der Waals surface area contributed by atoms with Gasteiger partial charge in [0.05, 0.1) is 18.2 Å². The molecule has 39 heavy (non-hydrogen) atoms. The highest BCUT2D eigenvalue weighted by atomic mass is 32.1. The fourth-order valence-corrected chi connectivity index (χ4v) is 9.41. The summed E-state index contributed by atoms with van der Waals surface area (Å²) in [5, 5.41) is 26.3. The number of aliphatic hydroxyl groups excluding tert-OH is 1. The Morgan fingerprint density at radius 2 is 2.03 bits per heavy atom. The molecule has 8 atom stereocenters. The molecule has 0 aliphatic heterocycles. The van der Waals surface area contributed by atoms with Gasteiger partial charge < -0.3 is 10.2 Å². The normalized spacial score (nSPS) is 41.0. The van der Waals surface area contributed by atoms with Gasteiger partial charge in [0.2, 0.25) is 0 Å². The summed E-state index contributed by atoms with van der Waals surface area (Å²) in [7, 11) is 0. The lowest BCUT2D eigenvalue weighted by Gasteiger charge is -2.62. The lowest BCUT2D eigenvalue weighted by atomic mass is 9.44. The van der Waals surface area contributed by atoms with Crippen LogP contribution in [0.1, 0.15) is 67.5 Å². The van der Waals surface area contributed by atoms with Crippen molar-refractivity contribution in [2.75, 3.05) is 0 Å². The zero-order valence-electron chi connectivity index (χ0n) is 22.3. The number of Topliss-reactive ketones (excluding diaryl/α,β-unsaturated/α-hetero) is 1. The SMILES string of the molecule is C[C@@H]1C[C@H]2[C@@H]3CCC4=CC(=O)C=C[C@]4(C)[C@@]3(F)[C@@H](O)C[C@]2(C)[C@@]1(O)c1csc(CC(=O)c2cccc(F)c2)n1. The molecule has 1 heterocycles. The Bertz CT molecular complexity index is 1440. The standard InChI is InChI=1S/C31H33F2NO4S/c1-17-11-23-22-8-7-19-13-21(35)9-10-28(19,2)30(22,33)26(37)15-29(23,3)31(17,38)25-16-39-27(34-25)14-24(36)18-5-4-6-20(32)12-18/h4-6,9-10,12-13,16-17,22-23,26,37-38H,7-8,11,14-15H2,1-3H3/t17-,22+,23+,26+,28+,29+,30+,31+/m1/s1. The first-order valence-corrected chi connectivity index (χ1v) is 14.5. The Kier molecular flexibility index (Phi) is 5.96. The molecule has 0 unspecified atom stereocenters. The van der Waals surface area contributed by atoms with E-state index in [9.17, 15) is 24.2 Å². The first kappa shape index (κ1) is 26.7. The second kappa shape index (κ2) is 8.72. The van der Waals surface area contributed by atoms with Gasteiger partial charge in [0, 0.05) is 27.7 Å². The van der Waals surface area contributed by atoms with Crippen LogP contribution in [0.15, 0.2) is 53.4 Å². The molecule has 8 heteroatoms. The van der Waals surface area contributed by atoms with Gasteiger partial charge in [-0.05, 0) is 68.7 Å². The highest BCUT2D eigenvalue weighted by molar-refractivity contribution is 7.09. The summed E-state index contributed by atoms with van der Waals surface area (Å²) in [4.78, 5) is 29.5. The molecule has 1 aromatic carbocycles. The molecule has 206 valence electrons. The fourth-order valence-electron chi connectivity index (χ4n) is 8.56. The number of aromatic nitrogens is 1. The van der Waals surface area contributed by atoms with Crippen LogP contribution in [0.2, 0.25) is 0 Å². The first-order chi connectivity index (χ1) is 18.3. The van der Waals surface area contributed by atoms with E-state index in [1.165, 1.54) is 41.7 Å². The number of carbonyl (C=O) groups is 2. The summed E-state index contributed by atoms with van der Waals surface area (Å²) in [6.07, 6.45) is 4.87. The summed E-state index contributed by atoms with van der Waals surface area (Å²) in [5.74, 6) is -1.88. The van der Waals surface area contributed by atoms with Gasteiger partial charge >= 0.3 is 0 Å². The quantitative estimate of drug-likeness (QED) is 0.488. The summed E-state index contributed by atoms with van der Waals surface area (Å²) in [6, 6.07) is 5.53. The van der Waals surface area contributed by atoms with E-state index in [-0.39, 0.29) is 41.8 Å². The number of alkyl halides is 1. The minimum Gasteiger partial charge on any atom is -0.390 e. The van der Waals surface area contributed by atoms with Crippen molar-refractivity contribution in [2.24, 2.45) is 28.6 Å². The van der Waals surface area contributed by atoms with Gasteiger partial charge in [-0.25, -0.2) is 13.8 Å². The van der Waals surface area contributed by atoms with Crippen molar-refractivity contribution in [1.29, 1.82) is 0 Å². The fraction of sp³-hybridized carbons (Fsp3) is 0.516. The molecule has 5 nitrogen and oxygen atoms in total. The van der Waals surface area contributed by atoms with Crippen LogP contribution in [0, 0.1) is 34.4 Å². The molecule has 0 bridgehead atoms. The first-order valence-electron chi connectivity index (χ1n) is 13.6. The van der Waals surface area contributed by atoms with Crippen molar-refractivity contribution in [3.05, 3.63) is 75.5 Å². The second-order valence-electron chi connectivity index (χ2n) is 12.4. The Labute approximate surface area is 230 Å². The number of nitrogens with zero attached hydrogens (tertiary/aromatic N) is 1. The summed E-state index contributed by atoms with van der Waals surface area (Å²) >= 11 is 1.27. The number of allylic oxidation sites excluding steroid dienone is 4. The Morgan fingerprint density at radius 3 is 2.77 bits per heavy atom. The van der Waals surface area contributed by atoms with Crippen molar-refractivity contribution in [3.63, 3.8) is 0 Å². The van der Waals surface area contributed by atoms with Gasteiger partial charge in [-0.3, -0.25) is 9.59 Å². The van der Waals surface area contributed by atoms with Gasteiger partial charge in [0.25, 0.3) is 0 Å². The minimum absolute atomic E-state index is 0.0178. The van der Waals surface area contributed by atoms with E-state index >= 15 is 4.39 Å². The molecule has 0 radical (unpaired) electrons. The monoisotopic (exact) mass is 553 g/mol. The molecule has 2 aromatic rings. The van der Waals surface area contributed by atoms with Crippen molar-refractivity contribution in [2.45, 2.75) is 70.2 Å². The van der Waals surface area contributed by atoms with Crippen molar-refractivity contribution in [1.82, 2.24) is 4.98 Å². The maximum atomic E-state index is 17.4. The van der Waals surface area contributed by atoms with E-state index in [2.05, 4.69) is 0 Å². The second-order valence-corrected chi connectivity index (χ2v) is 13.3. The third kappa shape index (κ3) is 3.50. The Balaban J connectivity index is 1.33. The molecule has 3 fully saturated rings. The van der Waals surface area contributed by atoms with Crippen molar-refractivity contribution in [3.8, 4) is 0 Å². The van der Waals surface area contributed by atoms with Crippen LogP contribution >= 0.6 is 11.3 Å². The molecular formula is C31H33F2NO4S. The molecule has 1 aromatic heterocycles. The largest absolute Gasteiger partial charge is 0.390 e. The average Bonchev–Trinajstić information content (AvgIpc) is 3.43. The van der Waals surface area contributed by atoms with E-state index in [1.807, 2.05) is 13.8 Å². The minimum atomic E-state index is -1.96. The summed E-state index contributed by atoms with van der Waals surface area (Å²) in [6.45, 7) is 5.67. The molecule has 4 aliphatic carbocycles. The molecule has 3 saturated carbocycles. The molecule has 6 rings (SSSR count). The number of hydrogen-bond donors (Lipinski definition) is 2. The van der Waals surface area contributed by atoms with Gasteiger partial charge in [0.15, 0.2) is 17.2 Å². The number of hydrogen-bond acceptors (Lipinski definition) is 6. The van der Waals surface area contributed by atoms with Crippen LogP contribution in [0.3, 0.4) is 0 Å². The van der Waals surface area contributed by atoms with E-state index in [0.717, 1.165) is 5.57 Å². The van der Waals surface area contributed by atoms with E-state index in [4.69, 9.17) is 4.98 Å². The van der Waals surface area contributed by atoms with E-state index < -0.39 is 39.9 Å². The number of aliphatic hydroxyl groups is 2. The van der Waals surface area contributed by atoms with E-state index in [1.54, 1.807) is 24.4 Å². The Morgan fingerprint density at radius 1 is 1.26 bits per heavy atom. The lowest BCUT2D eigenvalue weighted by Crippen LogP contribution is -2.68. The molecule has 0 spiro atoms. The third-order valence-electron chi connectivity index (χ3n) is 10.6. The van der Waals surface area contributed by atoms with Crippen LogP contribution in [0.25, 0.3) is 0 Å². The number of ketones is 2. The summed E-state index contributed by atoms with van der Waals surface area (Å²) in [5.41, 5.74) is -3.89. The topological polar surface area (TPSA) is 87.5 Å². The third-order valence-corrected chi connectivity index (χ3v) is 11.5. The van der Waals surface area contributed by atoms with Crippen LogP contribution < -0.4 is 0 Å². The molecular weight excluding hydrogens is 520 g/mol. The van der Waals surface area contributed by atoms with Crippen LogP contribution in [-0.4, -0.2) is 38.5 Å². The summed E-state index contributed by atoms with van der Waals surface area (Å²) < 4.78 is 31.0. The maximum Gasteiger partial charge on any atom is 0.178 e. The number of rotatable bonds is 4.